The van der Waals surface area contributed by atoms with E-state index in [1.807, 2.05) is 0 Å². The van der Waals surface area contributed by atoms with Crippen LogP contribution >= 0.6 is 0 Å². The molecular formula is C12H15FN4O2. The molecule has 6 nitrogen and oxygen atoms in total. The Labute approximate surface area is 109 Å². The molecule has 0 spiro atoms. The number of fused-ring (bicyclic) bond motifs is 1. The molecular weight excluding hydrogens is 251 g/mol. The molecule has 0 bridgehead atoms. The number of hydrogen-bond acceptors (Lipinski definition) is 4. The Kier molecular flexibility index (Phi) is 3.28. The van der Waals surface area contributed by atoms with E-state index in [2.05, 4.69) is 4.98 Å². The van der Waals surface area contributed by atoms with Crippen LogP contribution in [0, 0.1) is 5.82 Å². The molecule has 7 heteroatoms. The van der Waals surface area contributed by atoms with Crippen molar-refractivity contribution in [1.82, 2.24) is 14.5 Å². The monoisotopic (exact) mass is 266 g/mol. The van der Waals surface area contributed by atoms with Gasteiger partial charge >= 0.3 is 0 Å². The van der Waals surface area contributed by atoms with Gasteiger partial charge in [0.25, 0.3) is 0 Å². The minimum absolute atomic E-state index is 0.0458. The first-order valence-corrected chi connectivity index (χ1v) is 5.63. The van der Waals surface area contributed by atoms with E-state index < -0.39 is 5.82 Å². The quantitative estimate of drug-likeness (QED) is 0.894. The second-order valence-corrected chi connectivity index (χ2v) is 4.32. The minimum Gasteiger partial charge on any atom is -0.494 e. The number of carbonyl (C=O) groups is 1. The fraction of sp³-hybridized carbons (Fsp3) is 0.333. The van der Waals surface area contributed by atoms with Crippen molar-refractivity contribution < 1.29 is 13.9 Å². The Bertz CT molecular complexity index is 636. The predicted octanol–water partition coefficient (Wildman–Crippen LogP) is 0.854. The van der Waals surface area contributed by atoms with Crippen LogP contribution in [-0.2, 0) is 11.3 Å². The number of benzene rings is 1. The highest BCUT2D eigenvalue weighted by atomic mass is 19.1. The summed E-state index contributed by atoms with van der Waals surface area (Å²) in [5, 5.41) is 0. The van der Waals surface area contributed by atoms with Crippen LogP contribution in [0.2, 0.25) is 0 Å². The third-order valence-electron chi connectivity index (χ3n) is 2.84. The predicted molar refractivity (Wildman–Crippen MR) is 69.3 cm³/mol. The highest BCUT2D eigenvalue weighted by Gasteiger charge is 2.15. The van der Waals surface area contributed by atoms with Crippen molar-refractivity contribution in [2.24, 2.45) is 0 Å². The summed E-state index contributed by atoms with van der Waals surface area (Å²) in [6.07, 6.45) is 0. The Hall–Kier alpha value is -2.31. The number of nitrogens with zero attached hydrogens (tertiary/aromatic N) is 3. The van der Waals surface area contributed by atoms with Gasteiger partial charge in [-0.2, -0.15) is 0 Å². The van der Waals surface area contributed by atoms with Crippen molar-refractivity contribution in [1.29, 1.82) is 0 Å². The fourth-order valence-corrected chi connectivity index (χ4v) is 1.74. The highest BCUT2D eigenvalue weighted by Crippen LogP contribution is 2.26. The molecule has 0 aliphatic heterocycles. The number of imidazole rings is 1. The Morgan fingerprint density at radius 3 is 2.79 bits per heavy atom. The number of aromatic nitrogens is 2. The van der Waals surface area contributed by atoms with E-state index in [0.29, 0.717) is 11.0 Å². The number of nitrogens with two attached hydrogens (primary N) is 1. The van der Waals surface area contributed by atoms with Gasteiger partial charge in [-0.15, -0.1) is 0 Å². The maximum Gasteiger partial charge on any atom is 0.242 e. The first kappa shape index (κ1) is 13.1. The second-order valence-electron chi connectivity index (χ2n) is 4.32. The van der Waals surface area contributed by atoms with Crippen molar-refractivity contribution >= 4 is 22.9 Å². The summed E-state index contributed by atoms with van der Waals surface area (Å²) in [5.74, 6) is -0.392. The molecule has 2 rings (SSSR count). The Morgan fingerprint density at radius 2 is 2.21 bits per heavy atom. The lowest BCUT2D eigenvalue weighted by atomic mass is 10.3. The summed E-state index contributed by atoms with van der Waals surface area (Å²) in [4.78, 5) is 17.2. The molecule has 0 unspecified atom stereocenters. The summed E-state index contributed by atoms with van der Waals surface area (Å²) in [7, 11) is 4.68. The van der Waals surface area contributed by atoms with Gasteiger partial charge in [-0.25, -0.2) is 9.37 Å². The Morgan fingerprint density at radius 1 is 1.53 bits per heavy atom. The molecule has 0 saturated carbocycles. The van der Waals surface area contributed by atoms with Crippen molar-refractivity contribution in [2.45, 2.75) is 6.54 Å². The number of methoxy groups -OCH3 is 1. The highest BCUT2D eigenvalue weighted by molar-refractivity contribution is 5.83. The molecule has 0 aliphatic carbocycles. The van der Waals surface area contributed by atoms with Gasteiger partial charge in [-0.1, -0.05) is 0 Å². The van der Waals surface area contributed by atoms with Crippen molar-refractivity contribution in [3.63, 3.8) is 0 Å². The summed E-state index contributed by atoms with van der Waals surface area (Å²) < 4.78 is 20.0. The van der Waals surface area contributed by atoms with E-state index >= 15 is 0 Å². The van der Waals surface area contributed by atoms with E-state index in [1.165, 1.54) is 28.7 Å². The van der Waals surface area contributed by atoms with E-state index in [9.17, 15) is 9.18 Å². The molecule has 1 amide bonds. The van der Waals surface area contributed by atoms with Crippen LogP contribution in [0.4, 0.5) is 10.3 Å². The number of nitrogen functional groups attached to an aromatic ring is 1. The average Bonchev–Trinajstić information content (AvgIpc) is 2.64. The summed E-state index contributed by atoms with van der Waals surface area (Å²) in [6.45, 7) is 0.0458. The number of likely N-dealkylation sites (N-methyl/N-ethyl adjacent to an activating group) is 1. The number of hydrogen-bond donors (Lipinski definition) is 1. The average molecular weight is 266 g/mol. The third kappa shape index (κ3) is 2.31. The topological polar surface area (TPSA) is 73.4 Å². The zero-order chi connectivity index (χ0) is 14.2. The van der Waals surface area contributed by atoms with Gasteiger partial charge in [-0.05, 0) is 0 Å². The number of halogens is 1. The molecule has 1 aromatic heterocycles. The molecule has 19 heavy (non-hydrogen) atoms. The van der Waals surface area contributed by atoms with Crippen LogP contribution in [0.15, 0.2) is 12.1 Å². The lowest BCUT2D eigenvalue weighted by Gasteiger charge is -2.12. The number of carbonyl (C=O) groups excluding carboxylic acids is 1. The van der Waals surface area contributed by atoms with Crippen LogP contribution in [0.25, 0.3) is 11.0 Å². The van der Waals surface area contributed by atoms with Gasteiger partial charge < -0.3 is 19.9 Å². The number of rotatable bonds is 3. The molecule has 0 saturated heterocycles. The summed E-state index contributed by atoms with van der Waals surface area (Å²) in [5.41, 5.74) is 6.71. The molecule has 0 aliphatic rings. The molecule has 2 aromatic rings. The number of ether oxygens (including phenoxy) is 1. The summed E-state index contributed by atoms with van der Waals surface area (Å²) in [6, 6.07) is 2.72. The lowest BCUT2D eigenvalue weighted by molar-refractivity contribution is -0.129. The first-order chi connectivity index (χ1) is 8.93. The zero-order valence-corrected chi connectivity index (χ0v) is 11.0. The molecule has 1 aromatic carbocycles. The van der Waals surface area contributed by atoms with E-state index in [1.54, 1.807) is 14.1 Å². The Balaban J connectivity index is 2.54. The van der Waals surface area contributed by atoms with Crippen molar-refractivity contribution in [3.8, 4) is 5.75 Å². The van der Waals surface area contributed by atoms with Crippen LogP contribution in [-0.4, -0.2) is 41.6 Å². The fourth-order valence-electron chi connectivity index (χ4n) is 1.74. The number of amides is 1. The zero-order valence-electron chi connectivity index (χ0n) is 11.0. The standard InChI is InChI=1S/C12H15FN4O2/c1-16(2)11(18)6-17-9-5-10(19-3)7(13)4-8(9)15-12(17)14/h4-5H,6H2,1-3H3,(H2,14,15). The molecule has 2 N–H and O–H groups in total. The molecule has 102 valence electrons. The van der Waals surface area contributed by atoms with Gasteiger partial charge in [0, 0.05) is 26.2 Å². The second kappa shape index (κ2) is 4.75. The largest absolute Gasteiger partial charge is 0.494 e. The van der Waals surface area contributed by atoms with Crippen LogP contribution in [0.3, 0.4) is 0 Å². The van der Waals surface area contributed by atoms with Crippen molar-refractivity contribution in [2.75, 3.05) is 26.9 Å². The normalized spacial score (nSPS) is 10.7. The maximum atomic E-state index is 13.6. The van der Waals surface area contributed by atoms with E-state index in [4.69, 9.17) is 10.5 Å². The minimum atomic E-state index is -0.515. The van der Waals surface area contributed by atoms with Gasteiger partial charge in [0.15, 0.2) is 11.6 Å². The molecule has 0 fully saturated rings. The lowest BCUT2D eigenvalue weighted by Crippen LogP contribution is -2.26. The van der Waals surface area contributed by atoms with E-state index in [0.717, 1.165) is 0 Å². The van der Waals surface area contributed by atoms with Crippen molar-refractivity contribution in [3.05, 3.63) is 17.9 Å². The molecule has 1 heterocycles. The van der Waals surface area contributed by atoms with Gasteiger partial charge in [0.2, 0.25) is 11.9 Å². The smallest absolute Gasteiger partial charge is 0.242 e. The van der Waals surface area contributed by atoms with Crippen LogP contribution in [0.1, 0.15) is 0 Å². The van der Waals surface area contributed by atoms with Crippen LogP contribution < -0.4 is 10.5 Å². The van der Waals surface area contributed by atoms with Crippen LogP contribution in [0.5, 0.6) is 5.75 Å². The van der Waals surface area contributed by atoms with E-state index in [-0.39, 0.29) is 24.1 Å². The van der Waals surface area contributed by atoms with Gasteiger partial charge in [-0.3, -0.25) is 4.79 Å². The van der Waals surface area contributed by atoms with Gasteiger partial charge in [0.05, 0.1) is 18.1 Å². The first-order valence-electron chi connectivity index (χ1n) is 5.63. The maximum absolute atomic E-state index is 13.6. The third-order valence-corrected chi connectivity index (χ3v) is 2.84. The molecule has 0 radical (unpaired) electrons. The summed E-state index contributed by atoms with van der Waals surface area (Å²) >= 11 is 0. The number of anilines is 1. The molecule has 0 atom stereocenters. The SMILES string of the molecule is COc1cc2c(cc1F)nc(N)n2CC(=O)N(C)C. The van der Waals surface area contributed by atoms with Gasteiger partial charge in [0.1, 0.15) is 6.54 Å².